The van der Waals surface area contributed by atoms with E-state index in [2.05, 4.69) is 12.0 Å². The van der Waals surface area contributed by atoms with Crippen molar-refractivity contribution in [2.45, 2.75) is 52.5 Å². The molecular weight excluding hydrogens is 378 g/mol. The molecule has 2 aromatic rings. The first kappa shape index (κ1) is 20.4. The third-order valence-corrected chi connectivity index (χ3v) is 5.58. The second-order valence-electron chi connectivity index (χ2n) is 7.85. The molecule has 0 unspecified atom stereocenters. The summed E-state index contributed by atoms with van der Waals surface area (Å²) in [7, 11) is 0. The summed E-state index contributed by atoms with van der Waals surface area (Å²) < 4.78 is 1.47. The second kappa shape index (κ2) is 8.35. The molecule has 28 heavy (non-hydrogen) atoms. The molecule has 0 radical (unpaired) electrons. The molecule has 0 bridgehead atoms. The van der Waals surface area contributed by atoms with Gasteiger partial charge in [0.25, 0.3) is 0 Å². The Balaban J connectivity index is 2.00. The van der Waals surface area contributed by atoms with Crippen LogP contribution in [0.1, 0.15) is 56.8 Å². The van der Waals surface area contributed by atoms with Gasteiger partial charge in [0, 0.05) is 23.2 Å². The van der Waals surface area contributed by atoms with E-state index in [-0.39, 0.29) is 29.2 Å². The van der Waals surface area contributed by atoms with Crippen LogP contribution in [0.3, 0.4) is 0 Å². The number of hydrogen-bond acceptors (Lipinski definition) is 3. The van der Waals surface area contributed by atoms with Crippen LogP contribution < -0.4 is 4.90 Å². The van der Waals surface area contributed by atoms with Crippen LogP contribution in [0.15, 0.2) is 30.5 Å². The fourth-order valence-electron chi connectivity index (χ4n) is 3.75. The molecule has 1 amide bonds. The molecule has 6 nitrogen and oxygen atoms in total. The van der Waals surface area contributed by atoms with Crippen molar-refractivity contribution in [1.82, 2.24) is 9.78 Å². The fourth-order valence-corrected chi connectivity index (χ4v) is 3.94. The highest BCUT2D eigenvalue weighted by molar-refractivity contribution is 6.30. The topological polar surface area (TPSA) is 75.4 Å². The van der Waals surface area contributed by atoms with Crippen molar-refractivity contribution < 1.29 is 14.7 Å². The van der Waals surface area contributed by atoms with Crippen molar-refractivity contribution in [2.75, 3.05) is 4.90 Å². The number of aromatic carboxylic acids is 1. The summed E-state index contributed by atoms with van der Waals surface area (Å²) in [5, 5.41) is 14.7. The third-order valence-electron chi connectivity index (χ3n) is 5.35. The SMILES string of the molecule is CC1CCC(C(=O)N(c2nn(-c3cccc(Cl)c3)cc2C(=O)O)C(C)C)CC1. The zero-order chi connectivity index (χ0) is 20.4. The number of halogens is 1. The molecule has 3 rings (SSSR count). The number of carboxylic acid groups (broad SMARTS) is 1. The van der Waals surface area contributed by atoms with Gasteiger partial charge in [-0.1, -0.05) is 24.6 Å². The predicted octanol–water partition coefficient (Wildman–Crippen LogP) is 4.79. The average Bonchev–Trinajstić information content (AvgIpc) is 3.07. The Morgan fingerprint density at radius 1 is 1.25 bits per heavy atom. The molecule has 1 aromatic carbocycles. The molecule has 1 aliphatic carbocycles. The molecule has 1 fully saturated rings. The molecule has 1 N–H and O–H groups in total. The summed E-state index contributed by atoms with van der Waals surface area (Å²) >= 11 is 6.06. The lowest BCUT2D eigenvalue weighted by atomic mass is 9.82. The lowest BCUT2D eigenvalue weighted by Crippen LogP contribution is -2.43. The average molecular weight is 404 g/mol. The first-order chi connectivity index (χ1) is 13.3. The normalized spacial score (nSPS) is 19.6. The number of amides is 1. The van der Waals surface area contributed by atoms with Crippen molar-refractivity contribution in [1.29, 1.82) is 0 Å². The largest absolute Gasteiger partial charge is 0.477 e. The maximum absolute atomic E-state index is 13.3. The van der Waals surface area contributed by atoms with Crippen LogP contribution in [0.4, 0.5) is 5.82 Å². The minimum Gasteiger partial charge on any atom is -0.477 e. The maximum atomic E-state index is 13.3. The number of benzene rings is 1. The molecule has 150 valence electrons. The van der Waals surface area contributed by atoms with Gasteiger partial charge in [0.15, 0.2) is 5.82 Å². The minimum atomic E-state index is -1.11. The Bertz CT molecular complexity index is 870. The Kier molecular flexibility index (Phi) is 6.08. The zero-order valence-corrected chi connectivity index (χ0v) is 17.2. The van der Waals surface area contributed by atoms with Crippen molar-refractivity contribution in [2.24, 2.45) is 11.8 Å². The van der Waals surface area contributed by atoms with E-state index >= 15 is 0 Å². The summed E-state index contributed by atoms with van der Waals surface area (Å²) in [6, 6.07) is 6.80. The van der Waals surface area contributed by atoms with Gasteiger partial charge in [-0.2, -0.15) is 0 Å². The number of carbonyl (C=O) groups excluding carboxylic acids is 1. The third kappa shape index (κ3) is 4.22. The zero-order valence-electron chi connectivity index (χ0n) is 16.4. The summed E-state index contributed by atoms with van der Waals surface area (Å²) in [5.41, 5.74) is 0.648. The van der Waals surface area contributed by atoms with Crippen LogP contribution >= 0.6 is 11.6 Å². The fraction of sp³-hybridized carbons (Fsp3) is 0.476. The van der Waals surface area contributed by atoms with Gasteiger partial charge in [-0.3, -0.25) is 9.69 Å². The number of anilines is 1. The maximum Gasteiger partial charge on any atom is 0.341 e. The lowest BCUT2D eigenvalue weighted by Gasteiger charge is -2.32. The van der Waals surface area contributed by atoms with E-state index in [4.69, 9.17) is 11.6 Å². The second-order valence-corrected chi connectivity index (χ2v) is 8.29. The first-order valence-electron chi connectivity index (χ1n) is 9.70. The van der Waals surface area contributed by atoms with Gasteiger partial charge in [-0.05, 0) is 63.6 Å². The standard InChI is InChI=1S/C21H26ClN3O3/c1-13(2)25(20(26)15-9-7-14(3)8-10-15)19-18(21(27)28)12-24(23-19)17-6-4-5-16(22)11-17/h4-6,11-15H,7-10H2,1-3H3,(H,27,28). The van der Waals surface area contributed by atoms with Crippen molar-refractivity contribution in [3.05, 3.63) is 41.0 Å². The summed E-state index contributed by atoms with van der Waals surface area (Å²) in [4.78, 5) is 26.7. The molecule has 1 aliphatic rings. The summed E-state index contributed by atoms with van der Waals surface area (Å²) in [6.45, 7) is 5.97. The summed E-state index contributed by atoms with van der Waals surface area (Å²) in [6.07, 6.45) is 5.15. The van der Waals surface area contributed by atoms with E-state index < -0.39 is 5.97 Å². The number of rotatable bonds is 5. The molecule has 0 saturated heterocycles. The number of carbonyl (C=O) groups is 2. The number of hydrogen-bond donors (Lipinski definition) is 1. The van der Waals surface area contributed by atoms with E-state index in [0.717, 1.165) is 25.7 Å². The van der Waals surface area contributed by atoms with Gasteiger partial charge in [0.05, 0.1) is 5.69 Å². The number of carboxylic acids is 1. The molecule has 0 atom stereocenters. The molecule has 0 spiro atoms. The van der Waals surface area contributed by atoms with Gasteiger partial charge in [0.2, 0.25) is 5.91 Å². The van der Waals surface area contributed by atoms with Gasteiger partial charge in [-0.25, -0.2) is 9.48 Å². The lowest BCUT2D eigenvalue weighted by molar-refractivity contribution is -0.123. The van der Waals surface area contributed by atoms with Gasteiger partial charge >= 0.3 is 5.97 Å². The molecular formula is C21H26ClN3O3. The highest BCUT2D eigenvalue weighted by atomic mass is 35.5. The van der Waals surface area contributed by atoms with Crippen LogP contribution in [-0.4, -0.2) is 32.8 Å². The molecule has 1 saturated carbocycles. The van der Waals surface area contributed by atoms with Gasteiger partial charge in [0.1, 0.15) is 5.56 Å². The Morgan fingerprint density at radius 2 is 1.93 bits per heavy atom. The van der Waals surface area contributed by atoms with E-state index in [1.807, 2.05) is 13.8 Å². The van der Waals surface area contributed by atoms with Crippen LogP contribution in [0, 0.1) is 11.8 Å². The van der Waals surface area contributed by atoms with Crippen molar-refractivity contribution in [3.63, 3.8) is 0 Å². The first-order valence-corrected chi connectivity index (χ1v) is 10.1. The Morgan fingerprint density at radius 3 is 2.50 bits per heavy atom. The molecule has 1 aromatic heterocycles. The van der Waals surface area contributed by atoms with Gasteiger partial charge < -0.3 is 5.11 Å². The quantitative estimate of drug-likeness (QED) is 0.778. The van der Waals surface area contributed by atoms with E-state index in [1.54, 1.807) is 29.2 Å². The van der Waals surface area contributed by atoms with E-state index in [1.165, 1.54) is 10.9 Å². The monoisotopic (exact) mass is 403 g/mol. The van der Waals surface area contributed by atoms with E-state index in [0.29, 0.717) is 16.6 Å². The predicted molar refractivity (Wildman–Crippen MR) is 109 cm³/mol. The molecule has 0 aliphatic heterocycles. The van der Waals surface area contributed by atoms with Gasteiger partial charge in [-0.15, -0.1) is 5.10 Å². The molecule has 7 heteroatoms. The smallest absolute Gasteiger partial charge is 0.341 e. The minimum absolute atomic E-state index is 0.00574. The van der Waals surface area contributed by atoms with Crippen LogP contribution in [0.2, 0.25) is 5.02 Å². The van der Waals surface area contributed by atoms with E-state index in [9.17, 15) is 14.7 Å². The summed E-state index contributed by atoms with van der Waals surface area (Å²) in [5.74, 6) is -0.421. The van der Waals surface area contributed by atoms with Crippen molar-refractivity contribution in [3.8, 4) is 5.69 Å². The number of aromatic nitrogens is 2. The van der Waals surface area contributed by atoms with Crippen LogP contribution in [0.25, 0.3) is 5.69 Å². The van der Waals surface area contributed by atoms with Crippen LogP contribution in [0.5, 0.6) is 0 Å². The van der Waals surface area contributed by atoms with Crippen LogP contribution in [-0.2, 0) is 4.79 Å². The highest BCUT2D eigenvalue weighted by Gasteiger charge is 2.34. The number of nitrogens with zero attached hydrogens (tertiary/aromatic N) is 3. The van der Waals surface area contributed by atoms with Crippen molar-refractivity contribution >= 4 is 29.3 Å². The Hall–Kier alpha value is -2.34. The Labute approximate surface area is 170 Å². The molecule has 1 heterocycles. The highest BCUT2D eigenvalue weighted by Crippen LogP contribution is 2.32.